The molecule has 156 valence electrons. The first kappa shape index (κ1) is 19.8. The van der Waals surface area contributed by atoms with Crippen LogP contribution in [0.1, 0.15) is 62.0 Å². The molecule has 0 spiro atoms. The van der Waals surface area contributed by atoms with Gasteiger partial charge >= 0.3 is 0 Å². The van der Waals surface area contributed by atoms with Gasteiger partial charge in [-0.05, 0) is 44.9 Å². The minimum absolute atomic E-state index is 0.0236. The van der Waals surface area contributed by atoms with Crippen molar-refractivity contribution in [3.05, 3.63) is 17.1 Å². The van der Waals surface area contributed by atoms with Gasteiger partial charge in [0, 0.05) is 50.2 Å². The number of nitrogens with zero attached hydrogens (tertiary/aromatic N) is 4. The third-order valence-electron chi connectivity index (χ3n) is 6.12. The zero-order valence-electron chi connectivity index (χ0n) is 17.2. The Bertz CT molecular complexity index is 836. The molecule has 4 rings (SSSR count). The molecular weight excluding hydrogens is 370 g/mol. The maximum Gasteiger partial charge on any atom is 0.241 e. The molecule has 1 aliphatic carbocycles. The topological polar surface area (TPSA) is 95.5 Å². The van der Waals surface area contributed by atoms with Gasteiger partial charge in [-0.1, -0.05) is 0 Å². The van der Waals surface area contributed by atoms with Crippen LogP contribution in [0, 0.1) is 12.8 Å². The van der Waals surface area contributed by atoms with Gasteiger partial charge in [0.1, 0.15) is 11.6 Å². The van der Waals surface area contributed by atoms with Crippen LogP contribution in [0.3, 0.4) is 0 Å². The molecule has 29 heavy (non-hydrogen) atoms. The minimum Gasteiger partial charge on any atom is -0.347 e. The summed E-state index contributed by atoms with van der Waals surface area (Å²) in [5, 5.41) is 2.58. The van der Waals surface area contributed by atoms with Gasteiger partial charge in [0.2, 0.25) is 17.7 Å². The zero-order valence-corrected chi connectivity index (χ0v) is 17.2. The molecule has 1 saturated carbocycles. The van der Waals surface area contributed by atoms with E-state index in [1.807, 2.05) is 11.8 Å². The summed E-state index contributed by atoms with van der Waals surface area (Å²) in [7, 11) is 0. The number of hydrogen-bond acceptors (Lipinski definition) is 5. The molecule has 2 aliphatic heterocycles. The largest absolute Gasteiger partial charge is 0.347 e. The summed E-state index contributed by atoms with van der Waals surface area (Å²) in [5.41, 5.74) is 2.03. The van der Waals surface area contributed by atoms with E-state index < -0.39 is 0 Å². The average molecular weight is 399 g/mol. The van der Waals surface area contributed by atoms with Gasteiger partial charge < -0.3 is 10.2 Å². The summed E-state index contributed by atoms with van der Waals surface area (Å²) in [5.74, 6) is 2.04. The number of likely N-dealkylation sites (tertiary alicyclic amines) is 1. The van der Waals surface area contributed by atoms with Crippen molar-refractivity contribution in [2.75, 3.05) is 31.1 Å². The number of aromatic nitrogens is 2. The van der Waals surface area contributed by atoms with Crippen LogP contribution in [-0.2, 0) is 20.8 Å². The highest BCUT2D eigenvalue weighted by Gasteiger charge is 2.34. The number of carbonyl (C=O) groups excluding carboxylic acids is 3. The molecule has 1 N–H and O–H groups in total. The second-order valence-corrected chi connectivity index (χ2v) is 8.51. The summed E-state index contributed by atoms with van der Waals surface area (Å²) in [6.07, 6.45) is 5.39. The zero-order chi connectivity index (χ0) is 20.5. The van der Waals surface area contributed by atoms with Gasteiger partial charge in [-0.15, -0.1) is 0 Å². The lowest BCUT2D eigenvalue weighted by Crippen LogP contribution is -2.44. The second-order valence-electron chi connectivity index (χ2n) is 8.51. The lowest BCUT2D eigenvalue weighted by Gasteiger charge is -2.34. The number of amides is 3. The first-order valence-corrected chi connectivity index (χ1v) is 10.6. The van der Waals surface area contributed by atoms with Crippen molar-refractivity contribution in [1.82, 2.24) is 20.2 Å². The number of carbonyl (C=O) groups is 3. The maximum atomic E-state index is 12.6. The maximum absolute atomic E-state index is 12.6. The van der Waals surface area contributed by atoms with E-state index in [-0.39, 0.29) is 30.2 Å². The SMILES string of the molecule is CC(=O)NCC(=O)N1CCC[C@H](c2nc(C)c3c(n2)N(CC2CC2)C(=O)CC3)C1. The van der Waals surface area contributed by atoms with Crippen LogP contribution in [0.4, 0.5) is 5.82 Å². The third-order valence-corrected chi connectivity index (χ3v) is 6.12. The summed E-state index contributed by atoms with van der Waals surface area (Å²) < 4.78 is 0. The molecule has 0 aromatic carbocycles. The quantitative estimate of drug-likeness (QED) is 0.806. The minimum atomic E-state index is -0.207. The summed E-state index contributed by atoms with van der Waals surface area (Å²) >= 11 is 0. The summed E-state index contributed by atoms with van der Waals surface area (Å²) in [4.78, 5) is 49.4. The molecule has 0 bridgehead atoms. The van der Waals surface area contributed by atoms with Gasteiger partial charge in [-0.2, -0.15) is 0 Å². The fourth-order valence-corrected chi connectivity index (χ4v) is 4.26. The van der Waals surface area contributed by atoms with Crippen LogP contribution < -0.4 is 10.2 Å². The molecule has 3 amide bonds. The molecule has 1 aromatic heterocycles. The third kappa shape index (κ3) is 4.41. The Kier molecular flexibility index (Phi) is 5.52. The predicted octanol–water partition coefficient (Wildman–Crippen LogP) is 1.32. The molecule has 1 atom stereocenters. The Morgan fingerprint density at radius 1 is 1.17 bits per heavy atom. The van der Waals surface area contributed by atoms with E-state index in [1.54, 1.807) is 4.90 Å². The van der Waals surface area contributed by atoms with Gasteiger partial charge in [0.25, 0.3) is 0 Å². The fraction of sp³-hybridized carbons (Fsp3) is 0.667. The van der Waals surface area contributed by atoms with Crippen molar-refractivity contribution >= 4 is 23.5 Å². The number of piperidine rings is 1. The van der Waals surface area contributed by atoms with Crippen LogP contribution in [0.15, 0.2) is 0 Å². The standard InChI is InChI=1S/C21H29N5O3/c1-13-17-7-8-18(28)26(11-15-5-6-15)21(17)24-20(23-13)16-4-3-9-25(12-16)19(29)10-22-14(2)27/h15-16H,3-12H2,1-2H3,(H,22,27)/t16-/m0/s1. The van der Waals surface area contributed by atoms with E-state index in [2.05, 4.69) is 5.32 Å². The van der Waals surface area contributed by atoms with Crippen LogP contribution in [-0.4, -0.2) is 58.8 Å². The number of anilines is 1. The van der Waals surface area contributed by atoms with E-state index in [1.165, 1.54) is 19.8 Å². The highest BCUT2D eigenvalue weighted by atomic mass is 16.2. The Balaban J connectivity index is 1.54. The first-order valence-electron chi connectivity index (χ1n) is 10.6. The van der Waals surface area contributed by atoms with Gasteiger partial charge in [0.05, 0.1) is 6.54 Å². The summed E-state index contributed by atoms with van der Waals surface area (Å²) in [6.45, 7) is 5.42. The number of fused-ring (bicyclic) bond motifs is 1. The van der Waals surface area contributed by atoms with Crippen molar-refractivity contribution in [3.63, 3.8) is 0 Å². The molecule has 1 saturated heterocycles. The van der Waals surface area contributed by atoms with Crippen molar-refractivity contribution in [3.8, 4) is 0 Å². The lowest BCUT2D eigenvalue weighted by molar-refractivity contribution is -0.133. The molecular formula is C21H29N5O3. The van der Waals surface area contributed by atoms with E-state index in [0.717, 1.165) is 42.3 Å². The Labute approximate surface area is 171 Å². The lowest BCUT2D eigenvalue weighted by atomic mass is 9.95. The van der Waals surface area contributed by atoms with Crippen molar-refractivity contribution < 1.29 is 14.4 Å². The smallest absolute Gasteiger partial charge is 0.241 e. The highest BCUT2D eigenvalue weighted by Crippen LogP contribution is 2.36. The fourth-order valence-electron chi connectivity index (χ4n) is 4.26. The monoisotopic (exact) mass is 399 g/mol. The average Bonchev–Trinajstić information content (AvgIpc) is 3.52. The van der Waals surface area contributed by atoms with Crippen LogP contribution >= 0.6 is 0 Å². The van der Waals surface area contributed by atoms with Crippen LogP contribution in [0.25, 0.3) is 0 Å². The van der Waals surface area contributed by atoms with Gasteiger partial charge in [-0.3, -0.25) is 19.3 Å². The molecule has 0 unspecified atom stereocenters. The summed E-state index contributed by atoms with van der Waals surface area (Å²) in [6, 6.07) is 0. The number of nitrogens with one attached hydrogen (secondary N) is 1. The second kappa shape index (κ2) is 8.08. The van der Waals surface area contributed by atoms with E-state index in [4.69, 9.17) is 9.97 Å². The molecule has 0 radical (unpaired) electrons. The first-order chi connectivity index (χ1) is 13.9. The molecule has 8 heteroatoms. The van der Waals surface area contributed by atoms with E-state index >= 15 is 0 Å². The number of aryl methyl sites for hydroxylation is 1. The van der Waals surface area contributed by atoms with Crippen molar-refractivity contribution in [2.45, 2.75) is 58.3 Å². The Morgan fingerprint density at radius 2 is 1.97 bits per heavy atom. The van der Waals surface area contributed by atoms with Crippen LogP contribution in [0.2, 0.25) is 0 Å². The molecule has 8 nitrogen and oxygen atoms in total. The normalized spacial score (nSPS) is 21.7. The van der Waals surface area contributed by atoms with E-state index in [0.29, 0.717) is 31.8 Å². The Hall–Kier alpha value is -2.51. The Morgan fingerprint density at radius 3 is 2.69 bits per heavy atom. The molecule has 3 aliphatic rings. The number of hydrogen-bond donors (Lipinski definition) is 1. The van der Waals surface area contributed by atoms with Crippen molar-refractivity contribution in [1.29, 1.82) is 0 Å². The molecule has 3 heterocycles. The van der Waals surface area contributed by atoms with Crippen LogP contribution in [0.5, 0.6) is 0 Å². The van der Waals surface area contributed by atoms with Gasteiger partial charge in [-0.25, -0.2) is 9.97 Å². The van der Waals surface area contributed by atoms with E-state index in [9.17, 15) is 14.4 Å². The number of rotatable bonds is 5. The molecule has 1 aromatic rings. The van der Waals surface area contributed by atoms with Gasteiger partial charge in [0.15, 0.2) is 0 Å². The van der Waals surface area contributed by atoms with Crippen molar-refractivity contribution in [2.24, 2.45) is 5.92 Å². The highest BCUT2D eigenvalue weighted by molar-refractivity contribution is 5.95. The predicted molar refractivity (Wildman–Crippen MR) is 107 cm³/mol. The molecule has 2 fully saturated rings.